The predicted octanol–water partition coefficient (Wildman–Crippen LogP) is 1.80. The number of nitrogens with two attached hydrogens (primary N) is 1. The topological polar surface area (TPSA) is 70.4 Å². The predicted molar refractivity (Wildman–Crippen MR) is 84.4 cm³/mol. The lowest BCUT2D eigenvalue weighted by Gasteiger charge is -2.25. The summed E-state index contributed by atoms with van der Waals surface area (Å²) >= 11 is 0. The van der Waals surface area contributed by atoms with Gasteiger partial charge in [-0.3, -0.25) is 9.69 Å². The first-order valence-corrected chi connectivity index (χ1v) is 7.93. The molecule has 21 heavy (non-hydrogen) atoms. The normalized spacial score (nSPS) is 28.1. The molecule has 0 bridgehead atoms. The van der Waals surface area contributed by atoms with Crippen LogP contribution in [0.2, 0.25) is 0 Å². The molecule has 0 spiro atoms. The monoisotopic (exact) mass is 286 g/mol. The van der Waals surface area contributed by atoms with E-state index in [9.17, 15) is 4.79 Å². The number of hydrogen-bond donors (Lipinski definition) is 3. The number of anilines is 3. The van der Waals surface area contributed by atoms with Crippen LogP contribution in [-0.2, 0) is 11.2 Å². The van der Waals surface area contributed by atoms with Crippen LogP contribution in [0.1, 0.15) is 31.2 Å². The van der Waals surface area contributed by atoms with Gasteiger partial charge in [0, 0.05) is 30.7 Å². The lowest BCUT2D eigenvalue weighted by molar-refractivity contribution is -0.116. The fraction of sp³-hybridized carbons (Fsp3) is 0.562. The third-order valence-corrected chi connectivity index (χ3v) is 5.12. The summed E-state index contributed by atoms with van der Waals surface area (Å²) < 4.78 is 0. The van der Waals surface area contributed by atoms with E-state index >= 15 is 0 Å². The lowest BCUT2D eigenvalue weighted by Crippen LogP contribution is -2.34. The Morgan fingerprint density at radius 2 is 2.14 bits per heavy atom. The first kappa shape index (κ1) is 13.0. The standard InChI is InChI=1S/C16H22N4O/c17-11-9-13-10(3-4-16(21)19-13)8-14(11)18-12-5-7-20-6-1-2-15(12)20/h8-9,12,15,18H,1-7,17H2,(H,19,21). The van der Waals surface area contributed by atoms with Gasteiger partial charge in [-0.1, -0.05) is 0 Å². The molecule has 112 valence electrons. The van der Waals surface area contributed by atoms with Gasteiger partial charge in [0.05, 0.1) is 11.4 Å². The Morgan fingerprint density at radius 3 is 3.05 bits per heavy atom. The highest BCUT2D eigenvalue weighted by molar-refractivity contribution is 5.95. The molecule has 3 aliphatic heterocycles. The molecule has 0 aromatic heterocycles. The number of carbonyl (C=O) groups is 1. The van der Waals surface area contributed by atoms with Crippen molar-refractivity contribution in [1.82, 2.24) is 4.90 Å². The van der Waals surface area contributed by atoms with Gasteiger partial charge in [-0.05, 0) is 49.9 Å². The number of benzene rings is 1. The minimum absolute atomic E-state index is 0.0833. The highest BCUT2D eigenvalue weighted by Gasteiger charge is 2.37. The summed E-state index contributed by atoms with van der Waals surface area (Å²) in [6, 6.07) is 5.20. The summed E-state index contributed by atoms with van der Waals surface area (Å²) in [5.41, 5.74) is 10.0. The van der Waals surface area contributed by atoms with E-state index in [2.05, 4.69) is 21.6 Å². The first-order valence-electron chi connectivity index (χ1n) is 7.93. The Morgan fingerprint density at radius 1 is 1.24 bits per heavy atom. The van der Waals surface area contributed by atoms with Crippen LogP contribution in [0.25, 0.3) is 0 Å². The van der Waals surface area contributed by atoms with Gasteiger partial charge in [-0.2, -0.15) is 0 Å². The van der Waals surface area contributed by atoms with Crippen molar-refractivity contribution in [2.75, 3.05) is 29.5 Å². The van der Waals surface area contributed by atoms with E-state index in [0.717, 1.165) is 23.5 Å². The van der Waals surface area contributed by atoms with E-state index in [0.29, 0.717) is 18.5 Å². The molecule has 1 aromatic rings. The number of nitrogens with zero attached hydrogens (tertiary/aromatic N) is 1. The number of hydrogen-bond acceptors (Lipinski definition) is 4. The minimum Gasteiger partial charge on any atom is -0.397 e. The van der Waals surface area contributed by atoms with Crippen molar-refractivity contribution < 1.29 is 4.79 Å². The molecular weight excluding hydrogens is 264 g/mol. The van der Waals surface area contributed by atoms with E-state index < -0.39 is 0 Å². The average molecular weight is 286 g/mol. The zero-order valence-corrected chi connectivity index (χ0v) is 12.2. The molecule has 4 rings (SSSR count). The van der Waals surface area contributed by atoms with Gasteiger partial charge in [-0.25, -0.2) is 0 Å². The van der Waals surface area contributed by atoms with Gasteiger partial charge in [0.15, 0.2) is 0 Å². The molecule has 0 saturated carbocycles. The van der Waals surface area contributed by atoms with Crippen LogP contribution in [0.3, 0.4) is 0 Å². The third kappa shape index (κ3) is 2.25. The summed E-state index contributed by atoms with van der Waals surface area (Å²) in [4.78, 5) is 14.0. The largest absolute Gasteiger partial charge is 0.397 e. The van der Waals surface area contributed by atoms with Crippen LogP contribution >= 0.6 is 0 Å². The fourth-order valence-corrected chi connectivity index (χ4v) is 4.02. The molecule has 0 radical (unpaired) electrons. The summed E-state index contributed by atoms with van der Waals surface area (Å²) in [5.74, 6) is 0.0833. The number of rotatable bonds is 2. The van der Waals surface area contributed by atoms with Crippen molar-refractivity contribution >= 4 is 23.0 Å². The molecular formula is C16H22N4O. The summed E-state index contributed by atoms with van der Waals surface area (Å²) in [7, 11) is 0. The zero-order chi connectivity index (χ0) is 14.4. The van der Waals surface area contributed by atoms with Crippen LogP contribution < -0.4 is 16.4 Å². The van der Waals surface area contributed by atoms with E-state index in [1.165, 1.54) is 37.9 Å². The summed E-state index contributed by atoms with van der Waals surface area (Å²) in [6.07, 6.45) is 5.16. The molecule has 2 saturated heterocycles. The van der Waals surface area contributed by atoms with Gasteiger partial charge in [0.25, 0.3) is 0 Å². The zero-order valence-electron chi connectivity index (χ0n) is 12.2. The van der Waals surface area contributed by atoms with Crippen molar-refractivity contribution in [2.45, 2.75) is 44.2 Å². The van der Waals surface area contributed by atoms with E-state index in [4.69, 9.17) is 5.73 Å². The smallest absolute Gasteiger partial charge is 0.224 e. The SMILES string of the molecule is Nc1cc2c(cc1NC1CCN3CCCC13)CCC(=O)N2. The van der Waals surface area contributed by atoms with Crippen LogP contribution in [0, 0.1) is 0 Å². The Labute approximate surface area is 124 Å². The number of nitrogens with one attached hydrogen (secondary N) is 2. The molecule has 3 aliphatic rings. The van der Waals surface area contributed by atoms with Gasteiger partial charge in [0.1, 0.15) is 0 Å². The number of carbonyl (C=O) groups excluding carboxylic acids is 1. The van der Waals surface area contributed by atoms with Gasteiger partial charge in [0.2, 0.25) is 5.91 Å². The van der Waals surface area contributed by atoms with Crippen LogP contribution in [0.4, 0.5) is 17.1 Å². The molecule has 4 N–H and O–H groups in total. The van der Waals surface area contributed by atoms with Crippen molar-refractivity contribution in [3.63, 3.8) is 0 Å². The van der Waals surface area contributed by atoms with Crippen molar-refractivity contribution in [3.8, 4) is 0 Å². The van der Waals surface area contributed by atoms with E-state index in [-0.39, 0.29) is 5.91 Å². The second kappa shape index (κ2) is 4.91. The molecule has 5 nitrogen and oxygen atoms in total. The molecule has 1 amide bonds. The molecule has 0 aliphatic carbocycles. The van der Waals surface area contributed by atoms with Crippen LogP contribution in [-0.4, -0.2) is 36.0 Å². The Balaban J connectivity index is 1.56. The number of amides is 1. The van der Waals surface area contributed by atoms with Gasteiger partial charge < -0.3 is 16.4 Å². The van der Waals surface area contributed by atoms with Crippen molar-refractivity contribution in [1.29, 1.82) is 0 Å². The number of nitrogen functional groups attached to an aromatic ring is 1. The minimum atomic E-state index is 0.0833. The number of fused-ring (bicyclic) bond motifs is 2. The molecule has 1 aromatic carbocycles. The summed E-state index contributed by atoms with van der Waals surface area (Å²) in [5, 5.41) is 6.57. The third-order valence-electron chi connectivity index (χ3n) is 5.12. The molecule has 3 heterocycles. The Bertz CT molecular complexity index is 586. The Kier molecular flexibility index (Phi) is 3.03. The second-order valence-corrected chi connectivity index (χ2v) is 6.43. The maximum absolute atomic E-state index is 11.5. The first-order chi connectivity index (χ1) is 10.2. The van der Waals surface area contributed by atoms with Crippen molar-refractivity contribution in [3.05, 3.63) is 17.7 Å². The van der Waals surface area contributed by atoms with E-state index in [1.54, 1.807) is 0 Å². The molecule has 2 fully saturated rings. The quantitative estimate of drug-likeness (QED) is 0.725. The molecule has 5 heteroatoms. The highest BCUT2D eigenvalue weighted by Crippen LogP contribution is 2.35. The summed E-state index contributed by atoms with van der Waals surface area (Å²) in [6.45, 7) is 2.44. The Hall–Kier alpha value is -1.75. The van der Waals surface area contributed by atoms with E-state index in [1.807, 2.05) is 6.07 Å². The lowest BCUT2D eigenvalue weighted by atomic mass is 10.00. The van der Waals surface area contributed by atoms with Gasteiger partial charge in [-0.15, -0.1) is 0 Å². The van der Waals surface area contributed by atoms with Crippen molar-refractivity contribution in [2.24, 2.45) is 0 Å². The second-order valence-electron chi connectivity index (χ2n) is 6.43. The fourth-order valence-electron chi connectivity index (χ4n) is 4.02. The van der Waals surface area contributed by atoms with Crippen LogP contribution in [0.5, 0.6) is 0 Å². The highest BCUT2D eigenvalue weighted by atomic mass is 16.1. The van der Waals surface area contributed by atoms with Crippen LogP contribution in [0.15, 0.2) is 12.1 Å². The maximum Gasteiger partial charge on any atom is 0.224 e. The molecule has 2 atom stereocenters. The average Bonchev–Trinajstić information content (AvgIpc) is 3.04. The maximum atomic E-state index is 11.5. The van der Waals surface area contributed by atoms with Gasteiger partial charge >= 0.3 is 0 Å². The number of aryl methyl sites for hydroxylation is 1. The molecule has 2 unspecified atom stereocenters.